The van der Waals surface area contributed by atoms with E-state index in [1.807, 2.05) is 7.05 Å². The van der Waals surface area contributed by atoms with Crippen molar-refractivity contribution in [3.05, 3.63) is 35.6 Å². The number of carbonyl (C=O) groups excluding carboxylic acids is 1. The number of hydrogen-bond acceptors (Lipinski definition) is 3. The molecule has 108 valence electrons. The van der Waals surface area contributed by atoms with Gasteiger partial charge < -0.3 is 16.0 Å². The Morgan fingerprint density at radius 2 is 2.00 bits per heavy atom. The monoisotopic (exact) mass is 289 g/mol. The topological polar surface area (TPSA) is 58.4 Å². The van der Waals surface area contributed by atoms with Gasteiger partial charge in [-0.1, -0.05) is 12.1 Å². The van der Waals surface area contributed by atoms with Crippen molar-refractivity contribution < 1.29 is 9.18 Å². The van der Waals surface area contributed by atoms with Gasteiger partial charge in [0.1, 0.15) is 5.82 Å². The number of nitrogens with two attached hydrogens (primary N) is 1. The van der Waals surface area contributed by atoms with E-state index in [1.54, 1.807) is 12.1 Å². The zero-order chi connectivity index (χ0) is 13.4. The predicted octanol–water partition coefficient (Wildman–Crippen LogP) is 1.14. The lowest BCUT2D eigenvalue weighted by molar-refractivity contribution is -0.120. The van der Waals surface area contributed by atoms with Crippen molar-refractivity contribution in [2.24, 2.45) is 5.73 Å². The average Bonchev–Trinajstić information content (AvgIpc) is 2.32. The Hall–Kier alpha value is -1.17. The summed E-state index contributed by atoms with van der Waals surface area (Å²) in [7, 11) is 1.96. The Morgan fingerprint density at radius 1 is 1.37 bits per heavy atom. The summed E-state index contributed by atoms with van der Waals surface area (Å²) >= 11 is 0. The minimum absolute atomic E-state index is 0. The molecule has 0 spiro atoms. The summed E-state index contributed by atoms with van der Waals surface area (Å²) in [6.07, 6.45) is 0.363. The third-order valence-corrected chi connectivity index (χ3v) is 2.55. The van der Waals surface area contributed by atoms with Gasteiger partial charge >= 0.3 is 0 Å². The molecular formula is C13H21ClFN3O. The third-order valence-electron chi connectivity index (χ3n) is 2.55. The van der Waals surface area contributed by atoms with E-state index in [9.17, 15) is 9.18 Å². The number of hydrogen-bond donors (Lipinski definition) is 2. The fraction of sp³-hybridized carbons (Fsp3) is 0.462. The van der Waals surface area contributed by atoms with Gasteiger partial charge in [-0.2, -0.15) is 0 Å². The van der Waals surface area contributed by atoms with Crippen molar-refractivity contribution >= 4 is 18.3 Å². The molecule has 3 N–H and O–H groups in total. The van der Waals surface area contributed by atoms with Crippen molar-refractivity contribution in [3.8, 4) is 0 Å². The molecule has 1 aromatic rings. The van der Waals surface area contributed by atoms with Crippen LogP contribution in [0, 0.1) is 5.82 Å². The van der Waals surface area contributed by atoms with Crippen molar-refractivity contribution in [3.63, 3.8) is 0 Å². The summed E-state index contributed by atoms with van der Waals surface area (Å²) in [6, 6.07) is 6.43. The first-order valence-corrected chi connectivity index (χ1v) is 6.01. The first kappa shape index (κ1) is 17.8. The molecule has 0 saturated heterocycles. The van der Waals surface area contributed by atoms with Gasteiger partial charge in [0.05, 0.1) is 0 Å². The highest BCUT2D eigenvalue weighted by Crippen LogP contribution is 2.04. The maximum atomic E-state index is 12.7. The maximum absolute atomic E-state index is 12.7. The van der Waals surface area contributed by atoms with Crippen molar-refractivity contribution in [2.75, 3.05) is 26.7 Å². The van der Waals surface area contributed by atoms with E-state index in [2.05, 4.69) is 10.2 Å². The highest BCUT2D eigenvalue weighted by atomic mass is 35.5. The second-order valence-electron chi connectivity index (χ2n) is 4.25. The summed E-state index contributed by atoms with van der Waals surface area (Å²) in [4.78, 5) is 13.2. The highest BCUT2D eigenvalue weighted by molar-refractivity contribution is 5.85. The number of nitrogens with one attached hydrogen (secondary N) is 1. The van der Waals surface area contributed by atoms with Gasteiger partial charge in [-0.15, -0.1) is 12.4 Å². The Balaban J connectivity index is 0.00000324. The van der Waals surface area contributed by atoms with Crippen LogP contribution in [0.5, 0.6) is 0 Å². The molecule has 0 aliphatic heterocycles. The lowest BCUT2D eigenvalue weighted by atomic mass is 10.2. The number of benzene rings is 1. The van der Waals surface area contributed by atoms with Crippen LogP contribution >= 0.6 is 12.4 Å². The van der Waals surface area contributed by atoms with E-state index in [-0.39, 0.29) is 24.1 Å². The Bertz CT molecular complexity index is 373. The minimum Gasteiger partial charge on any atom is -0.355 e. The Labute approximate surface area is 119 Å². The van der Waals surface area contributed by atoms with Crippen LogP contribution in [0.3, 0.4) is 0 Å². The standard InChI is InChI=1S/C13H20FN3O.ClH/c1-17(9-8-16-13(18)6-7-15)10-11-2-4-12(14)5-3-11;/h2-5H,6-10,15H2,1H3,(H,16,18);1H. The van der Waals surface area contributed by atoms with Crippen LogP contribution in [0.15, 0.2) is 24.3 Å². The molecule has 6 heteroatoms. The molecule has 0 fully saturated rings. The van der Waals surface area contributed by atoms with E-state index >= 15 is 0 Å². The second kappa shape index (κ2) is 9.72. The zero-order valence-corrected chi connectivity index (χ0v) is 11.9. The molecule has 1 amide bonds. The highest BCUT2D eigenvalue weighted by Gasteiger charge is 2.02. The van der Waals surface area contributed by atoms with E-state index in [0.29, 0.717) is 19.5 Å². The first-order chi connectivity index (χ1) is 8.61. The minimum atomic E-state index is -0.226. The lowest BCUT2D eigenvalue weighted by Gasteiger charge is -2.17. The summed E-state index contributed by atoms with van der Waals surface area (Å²) in [5, 5.41) is 2.79. The summed E-state index contributed by atoms with van der Waals surface area (Å²) in [5.41, 5.74) is 6.32. The molecule has 0 aromatic heterocycles. The maximum Gasteiger partial charge on any atom is 0.221 e. The molecule has 0 heterocycles. The fourth-order valence-electron chi connectivity index (χ4n) is 1.59. The number of rotatable bonds is 7. The van der Waals surface area contributed by atoms with Gasteiger partial charge in [0, 0.05) is 32.6 Å². The van der Waals surface area contributed by atoms with Gasteiger partial charge in [-0.25, -0.2) is 4.39 Å². The van der Waals surface area contributed by atoms with E-state index < -0.39 is 0 Å². The molecule has 4 nitrogen and oxygen atoms in total. The van der Waals surface area contributed by atoms with Crippen molar-refractivity contribution in [2.45, 2.75) is 13.0 Å². The number of amides is 1. The van der Waals surface area contributed by atoms with Crippen molar-refractivity contribution in [1.82, 2.24) is 10.2 Å². The normalized spacial score (nSPS) is 10.1. The van der Waals surface area contributed by atoms with Crippen LogP contribution in [0.1, 0.15) is 12.0 Å². The van der Waals surface area contributed by atoms with Crippen LogP contribution in [0.25, 0.3) is 0 Å². The van der Waals surface area contributed by atoms with Crippen molar-refractivity contribution in [1.29, 1.82) is 0 Å². The molecule has 0 atom stereocenters. The lowest BCUT2D eigenvalue weighted by Crippen LogP contribution is -2.33. The average molecular weight is 290 g/mol. The van der Waals surface area contributed by atoms with E-state index in [0.717, 1.165) is 18.7 Å². The molecule has 0 aliphatic carbocycles. The molecule has 0 saturated carbocycles. The summed E-state index contributed by atoms with van der Waals surface area (Å²) in [5.74, 6) is -0.247. The van der Waals surface area contributed by atoms with Crippen LogP contribution in [-0.2, 0) is 11.3 Å². The summed E-state index contributed by atoms with van der Waals surface area (Å²) < 4.78 is 12.7. The number of nitrogens with zero attached hydrogens (tertiary/aromatic N) is 1. The Morgan fingerprint density at radius 3 is 2.58 bits per heavy atom. The first-order valence-electron chi connectivity index (χ1n) is 6.01. The van der Waals surface area contributed by atoms with Gasteiger partial charge in [-0.05, 0) is 24.7 Å². The van der Waals surface area contributed by atoms with Gasteiger partial charge in [0.2, 0.25) is 5.91 Å². The molecular weight excluding hydrogens is 269 g/mol. The Kier molecular flexibility index (Phi) is 9.12. The number of carbonyl (C=O) groups is 1. The largest absolute Gasteiger partial charge is 0.355 e. The second-order valence-corrected chi connectivity index (χ2v) is 4.25. The molecule has 0 unspecified atom stereocenters. The smallest absolute Gasteiger partial charge is 0.221 e. The van der Waals surface area contributed by atoms with Crippen LogP contribution in [0.2, 0.25) is 0 Å². The van der Waals surface area contributed by atoms with Gasteiger partial charge in [0.15, 0.2) is 0 Å². The van der Waals surface area contributed by atoms with E-state index in [4.69, 9.17) is 5.73 Å². The van der Waals surface area contributed by atoms with E-state index in [1.165, 1.54) is 12.1 Å². The number of likely N-dealkylation sites (N-methyl/N-ethyl adjacent to an activating group) is 1. The number of halogens is 2. The molecule has 0 radical (unpaired) electrons. The SMILES string of the molecule is CN(CCNC(=O)CCN)Cc1ccc(F)cc1.Cl. The third kappa shape index (κ3) is 7.77. The quantitative estimate of drug-likeness (QED) is 0.791. The fourth-order valence-corrected chi connectivity index (χ4v) is 1.59. The van der Waals surface area contributed by atoms with Gasteiger partial charge in [0.25, 0.3) is 0 Å². The van der Waals surface area contributed by atoms with Gasteiger partial charge in [-0.3, -0.25) is 4.79 Å². The zero-order valence-electron chi connectivity index (χ0n) is 11.1. The summed E-state index contributed by atoms with van der Waals surface area (Å²) in [6.45, 7) is 2.44. The molecule has 0 aliphatic rings. The van der Waals surface area contributed by atoms with Crippen LogP contribution in [-0.4, -0.2) is 37.5 Å². The molecule has 0 bridgehead atoms. The van der Waals surface area contributed by atoms with Crippen LogP contribution < -0.4 is 11.1 Å². The molecule has 1 rings (SSSR count). The predicted molar refractivity (Wildman–Crippen MR) is 76.7 cm³/mol. The molecule has 19 heavy (non-hydrogen) atoms. The molecule has 1 aromatic carbocycles. The van der Waals surface area contributed by atoms with Crippen LogP contribution in [0.4, 0.5) is 4.39 Å².